The maximum absolute atomic E-state index is 3.72. The summed E-state index contributed by atoms with van der Waals surface area (Å²) in [6, 6.07) is 0. The lowest BCUT2D eigenvalue weighted by Crippen LogP contribution is -1.79. The summed E-state index contributed by atoms with van der Waals surface area (Å²) in [7, 11) is 0. The van der Waals surface area contributed by atoms with E-state index in [1.54, 1.807) is 6.08 Å². The second kappa shape index (κ2) is 10.2. The third-order valence-electron chi connectivity index (χ3n) is 0.811. The standard InChI is InChI=1S/C7H8Br2.C2H6/c1-3-4-7(5-8)6(2)9;1-2/h3-4H,1-2,5H2;1-2H3/b7-4-;. The lowest BCUT2D eigenvalue weighted by Gasteiger charge is -1.95. The van der Waals surface area contributed by atoms with Crippen molar-refractivity contribution in [3.63, 3.8) is 0 Å². The highest BCUT2D eigenvalue weighted by atomic mass is 79.9. The second-order valence-corrected chi connectivity index (χ2v) is 2.98. The van der Waals surface area contributed by atoms with Gasteiger partial charge >= 0.3 is 0 Å². The van der Waals surface area contributed by atoms with Crippen LogP contribution in [-0.4, -0.2) is 5.33 Å². The molecule has 0 spiro atoms. The number of halogens is 2. The summed E-state index contributed by atoms with van der Waals surface area (Å²) in [4.78, 5) is 0. The minimum atomic E-state index is 0.809. The van der Waals surface area contributed by atoms with Gasteiger partial charge in [0.1, 0.15) is 0 Å². The average molecular weight is 282 g/mol. The molecular weight excluding hydrogens is 268 g/mol. The van der Waals surface area contributed by atoms with Gasteiger partial charge in [0, 0.05) is 9.81 Å². The van der Waals surface area contributed by atoms with E-state index >= 15 is 0 Å². The van der Waals surface area contributed by atoms with Crippen LogP contribution in [-0.2, 0) is 0 Å². The molecule has 0 heterocycles. The van der Waals surface area contributed by atoms with Crippen LogP contribution in [0.2, 0.25) is 0 Å². The zero-order chi connectivity index (χ0) is 9.28. The smallest absolute Gasteiger partial charge is 0.0294 e. The molecule has 0 aromatic carbocycles. The molecule has 0 rings (SSSR count). The first-order valence-corrected chi connectivity index (χ1v) is 5.36. The highest BCUT2D eigenvalue weighted by Gasteiger charge is 1.92. The monoisotopic (exact) mass is 280 g/mol. The van der Waals surface area contributed by atoms with Crippen molar-refractivity contribution in [2.75, 3.05) is 5.33 Å². The van der Waals surface area contributed by atoms with Crippen LogP contribution in [0.3, 0.4) is 0 Å². The van der Waals surface area contributed by atoms with Crippen molar-refractivity contribution in [1.29, 1.82) is 0 Å². The van der Waals surface area contributed by atoms with Crippen LogP contribution in [0.15, 0.2) is 35.4 Å². The molecule has 0 aliphatic carbocycles. The van der Waals surface area contributed by atoms with Crippen LogP contribution < -0.4 is 0 Å². The first-order valence-electron chi connectivity index (χ1n) is 3.44. The Labute approximate surface area is 86.3 Å². The summed E-state index contributed by atoms with van der Waals surface area (Å²) in [6.07, 6.45) is 3.65. The lowest BCUT2D eigenvalue weighted by molar-refractivity contribution is 1.50. The van der Waals surface area contributed by atoms with Gasteiger partial charge in [0.2, 0.25) is 0 Å². The largest absolute Gasteiger partial charge is 0.0991 e. The molecule has 0 unspecified atom stereocenters. The molecule has 0 aromatic heterocycles. The van der Waals surface area contributed by atoms with Crippen molar-refractivity contribution in [2.45, 2.75) is 13.8 Å². The predicted octanol–water partition coefficient (Wildman–Crippen LogP) is 4.43. The Morgan fingerprint density at radius 2 is 1.91 bits per heavy atom. The molecule has 0 atom stereocenters. The highest BCUT2D eigenvalue weighted by molar-refractivity contribution is 9.12. The van der Waals surface area contributed by atoms with Crippen LogP contribution in [0.1, 0.15) is 13.8 Å². The van der Waals surface area contributed by atoms with Gasteiger partial charge in [0.25, 0.3) is 0 Å². The number of allylic oxidation sites excluding steroid dienone is 4. The van der Waals surface area contributed by atoms with E-state index in [0.717, 1.165) is 15.4 Å². The molecule has 64 valence electrons. The van der Waals surface area contributed by atoms with Gasteiger partial charge in [-0.1, -0.05) is 71.0 Å². The zero-order valence-electron chi connectivity index (χ0n) is 7.03. The summed E-state index contributed by atoms with van der Waals surface area (Å²) in [6.45, 7) is 11.3. The molecule has 0 saturated carbocycles. The predicted molar refractivity (Wildman–Crippen MR) is 61.5 cm³/mol. The molecule has 0 nitrogen and oxygen atoms in total. The van der Waals surface area contributed by atoms with Crippen LogP contribution in [0.4, 0.5) is 0 Å². The van der Waals surface area contributed by atoms with Gasteiger partial charge < -0.3 is 0 Å². The summed E-state index contributed by atoms with van der Waals surface area (Å²) in [5.74, 6) is 0. The normalized spacial score (nSPS) is 9.64. The van der Waals surface area contributed by atoms with Crippen molar-refractivity contribution >= 4 is 31.9 Å². The lowest BCUT2D eigenvalue weighted by atomic mass is 10.3. The minimum absolute atomic E-state index is 0.809. The second-order valence-electron chi connectivity index (χ2n) is 1.47. The summed E-state index contributed by atoms with van der Waals surface area (Å²) in [5, 5.41) is 0.809. The van der Waals surface area contributed by atoms with E-state index < -0.39 is 0 Å². The molecule has 0 aliphatic rings. The first-order chi connectivity index (χ1) is 5.22. The van der Waals surface area contributed by atoms with E-state index in [-0.39, 0.29) is 0 Å². The fraction of sp³-hybridized carbons (Fsp3) is 0.333. The fourth-order valence-corrected chi connectivity index (χ4v) is 1.52. The van der Waals surface area contributed by atoms with E-state index in [2.05, 4.69) is 45.0 Å². The van der Waals surface area contributed by atoms with Gasteiger partial charge in [-0.2, -0.15) is 0 Å². The molecule has 0 N–H and O–H groups in total. The average Bonchev–Trinajstić information content (AvgIpc) is 2.03. The van der Waals surface area contributed by atoms with E-state index in [1.165, 1.54) is 0 Å². The number of hydrogen-bond acceptors (Lipinski definition) is 0. The van der Waals surface area contributed by atoms with Gasteiger partial charge in [0.15, 0.2) is 0 Å². The van der Waals surface area contributed by atoms with Gasteiger partial charge in [-0.3, -0.25) is 0 Å². The van der Waals surface area contributed by atoms with Crippen molar-refractivity contribution in [2.24, 2.45) is 0 Å². The number of hydrogen-bond donors (Lipinski definition) is 0. The van der Waals surface area contributed by atoms with Gasteiger partial charge in [-0.25, -0.2) is 0 Å². The van der Waals surface area contributed by atoms with Crippen molar-refractivity contribution < 1.29 is 0 Å². The Morgan fingerprint density at radius 3 is 2.00 bits per heavy atom. The molecule has 0 fully saturated rings. The minimum Gasteiger partial charge on any atom is -0.0991 e. The summed E-state index contributed by atoms with van der Waals surface area (Å²) in [5.41, 5.74) is 1.12. The molecule has 0 amide bonds. The Hall–Kier alpha value is 0.180. The van der Waals surface area contributed by atoms with Gasteiger partial charge in [-0.15, -0.1) is 0 Å². The van der Waals surface area contributed by atoms with Crippen molar-refractivity contribution in [1.82, 2.24) is 0 Å². The van der Waals surface area contributed by atoms with Crippen LogP contribution in [0.25, 0.3) is 0 Å². The SMILES string of the molecule is C=C/C=C(/CBr)C(=C)Br.CC. The third kappa shape index (κ3) is 8.08. The van der Waals surface area contributed by atoms with Crippen LogP contribution in [0.5, 0.6) is 0 Å². The topological polar surface area (TPSA) is 0 Å². The Morgan fingerprint density at radius 1 is 1.45 bits per heavy atom. The maximum atomic E-state index is 3.72. The Bertz CT molecular complexity index is 146. The quantitative estimate of drug-likeness (QED) is 0.530. The van der Waals surface area contributed by atoms with E-state index in [0.29, 0.717) is 0 Å². The maximum Gasteiger partial charge on any atom is 0.0294 e. The Kier molecular flexibility index (Phi) is 12.7. The zero-order valence-corrected chi connectivity index (χ0v) is 10.2. The number of rotatable bonds is 3. The van der Waals surface area contributed by atoms with Gasteiger partial charge in [0.05, 0.1) is 0 Å². The van der Waals surface area contributed by atoms with Crippen LogP contribution in [0, 0.1) is 0 Å². The first kappa shape index (κ1) is 13.7. The molecule has 0 radical (unpaired) electrons. The summed E-state index contributed by atoms with van der Waals surface area (Å²) >= 11 is 6.57. The van der Waals surface area contributed by atoms with Crippen molar-refractivity contribution in [3.05, 3.63) is 35.4 Å². The van der Waals surface area contributed by atoms with Crippen LogP contribution >= 0.6 is 31.9 Å². The van der Waals surface area contributed by atoms with E-state index in [1.807, 2.05) is 19.9 Å². The molecule has 0 saturated heterocycles. The molecule has 11 heavy (non-hydrogen) atoms. The molecule has 0 bridgehead atoms. The van der Waals surface area contributed by atoms with E-state index in [4.69, 9.17) is 0 Å². The summed E-state index contributed by atoms with van der Waals surface area (Å²) < 4.78 is 0.902. The fourth-order valence-electron chi connectivity index (χ4n) is 0.350. The van der Waals surface area contributed by atoms with E-state index in [9.17, 15) is 0 Å². The van der Waals surface area contributed by atoms with Crippen molar-refractivity contribution in [3.8, 4) is 0 Å². The highest BCUT2D eigenvalue weighted by Crippen LogP contribution is 2.16. The Balaban J connectivity index is 0. The molecule has 0 aromatic rings. The molecule has 2 heteroatoms. The third-order valence-corrected chi connectivity index (χ3v) is 1.92. The van der Waals surface area contributed by atoms with Gasteiger partial charge in [-0.05, 0) is 5.57 Å². The molecular formula is C9H14Br2. The number of alkyl halides is 1. The molecule has 0 aliphatic heterocycles.